The number of halogens is 3. The first-order valence-corrected chi connectivity index (χ1v) is 9.24. The Morgan fingerprint density at radius 3 is 2.62 bits per heavy atom. The van der Waals surface area contributed by atoms with E-state index in [9.17, 15) is 0 Å². The van der Waals surface area contributed by atoms with Gasteiger partial charge in [0, 0.05) is 30.0 Å². The van der Waals surface area contributed by atoms with E-state index >= 15 is 0 Å². The molecule has 1 N–H and O–H groups in total. The summed E-state index contributed by atoms with van der Waals surface area (Å²) in [5.41, 5.74) is 2.30. The Kier molecular flexibility index (Phi) is 4.76. The maximum atomic E-state index is 6.35. The second-order valence-electron chi connectivity index (χ2n) is 6.29. The molecule has 1 aromatic carbocycles. The Balaban J connectivity index is 1.65. The minimum absolute atomic E-state index is 0.0298. The molecule has 1 saturated carbocycles. The molecule has 2 fully saturated rings. The summed E-state index contributed by atoms with van der Waals surface area (Å²) in [6, 6.07) is 5.42. The Bertz CT molecular complexity index is 725. The summed E-state index contributed by atoms with van der Waals surface area (Å²) in [5.74, 6) is 1.32. The molecule has 2 aliphatic rings. The number of aromatic nitrogens is 1. The molecule has 1 aliphatic carbocycles. The molecule has 0 amide bonds. The number of ether oxygens (including phenoxy) is 1. The number of nitrogens with zero attached hydrogens (tertiary/aromatic N) is 1. The molecule has 2 heterocycles. The lowest BCUT2D eigenvalue weighted by molar-refractivity contribution is 0.0531. The minimum Gasteiger partial charge on any atom is -0.372 e. The Morgan fingerprint density at radius 1 is 1.25 bits per heavy atom. The summed E-state index contributed by atoms with van der Waals surface area (Å²) in [6.45, 7) is 1.17. The average molecular weight is 388 g/mol. The van der Waals surface area contributed by atoms with Crippen molar-refractivity contribution in [1.82, 2.24) is 10.5 Å². The molecule has 0 radical (unpaired) electrons. The first-order chi connectivity index (χ1) is 11.6. The van der Waals surface area contributed by atoms with Crippen molar-refractivity contribution in [1.29, 1.82) is 0 Å². The van der Waals surface area contributed by atoms with Gasteiger partial charge in [-0.2, -0.15) is 0 Å². The van der Waals surface area contributed by atoms with Crippen LogP contribution in [-0.2, 0) is 11.3 Å². The summed E-state index contributed by atoms with van der Waals surface area (Å²) in [4.78, 5) is 0. The molecule has 7 heteroatoms. The summed E-state index contributed by atoms with van der Waals surface area (Å²) >= 11 is 18.8. The van der Waals surface area contributed by atoms with Crippen LogP contribution in [0.3, 0.4) is 0 Å². The van der Waals surface area contributed by atoms with E-state index in [0.717, 1.165) is 37.1 Å². The lowest BCUT2D eigenvalue weighted by Crippen LogP contribution is -2.18. The van der Waals surface area contributed by atoms with Crippen molar-refractivity contribution in [3.05, 3.63) is 39.6 Å². The van der Waals surface area contributed by atoms with Crippen molar-refractivity contribution in [3.63, 3.8) is 0 Å². The maximum absolute atomic E-state index is 6.35. The van der Waals surface area contributed by atoms with Crippen molar-refractivity contribution in [3.8, 4) is 11.3 Å². The monoisotopic (exact) mass is 386 g/mol. The molecular weight excluding hydrogens is 371 g/mol. The Morgan fingerprint density at radius 2 is 2.00 bits per heavy atom. The second-order valence-corrected chi connectivity index (χ2v) is 7.63. The predicted octanol–water partition coefficient (Wildman–Crippen LogP) is 4.97. The standard InChI is InChI=1S/C17H17Cl3N2O2/c18-12-2-1-3-13(19)15(12)16-11(17(24-22-16)9-4-5-9)8-23-10-6-14(20)21-7-10/h1-3,9-10,14,21H,4-8H2. The summed E-state index contributed by atoms with van der Waals surface area (Å²) in [6.07, 6.45) is 3.11. The van der Waals surface area contributed by atoms with Gasteiger partial charge in [-0.05, 0) is 25.0 Å². The van der Waals surface area contributed by atoms with Crippen LogP contribution in [0.1, 0.15) is 36.5 Å². The molecule has 1 aromatic heterocycles. The summed E-state index contributed by atoms with van der Waals surface area (Å²) in [7, 11) is 0. The van der Waals surface area contributed by atoms with E-state index in [1.54, 1.807) is 12.1 Å². The highest BCUT2D eigenvalue weighted by atomic mass is 35.5. The van der Waals surface area contributed by atoms with E-state index in [1.807, 2.05) is 6.07 Å². The average Bonchev–Trinajstić information content (AvgIpc) is 3.18. The zero-order valence-electron chi connectivity index (χ0n) is 12.9. The minimum atomic E-state index is -0.0298. The fourth-order valence-corrected chi connectivity index (χ4v) is 3.90. The van der Waals surface area contributed by atoms with Crippen molar-refractivity contribution >= 4 is 34.8 Å². The molecular formula is C17H17Cl3N2O2. The largest absolute Gasteiger partial charge is 0.372 e. The number of hydrogen-bond donors (Lipinski definition) is 1. The second kappa shape index (κ2) is 6.85. The molecule has 0 bridgehead atoms. The quantitative estimate of drug-likeness (QED) is 0.581. The highest BCUT2D eigenvalue weighted by Crippen LogP contribution is 2.46. The first-order valence-electron chi connectivity index (χ1n) is 8.05. The molecule has 2 atom stereocenters. The van der Waals surface area contributed by atoms with Gasteiger partial charge in [0.05, 0.1) is 28.3 Å². The van der Waals surface area contributed by atoms with Gasteiger partial charge in [0.25, 0.3) is 0 Å². The topological polar surface area (TPSA) is 47.3 Å². The number of benzene rings is 1. The van der Waals surface area contributed by atoms with Gasteiger partial charge in [0.1, 0.15) is 11.5 Å². The molecule has 24 heavy (non-hydrogen) atoms. The normalized spacial score (nSPS) is 23.8. The fourth-order valence-electron chi connectivity index (χ4n) is 3.03. The predicted molar refractivity (Wildman–Crippen MR) is 94.8 cm³/mol. The van der Waals surface area contributed by atoms with Crippen molar-refractivity contribution in [2.24, 2.45) is 0 Å². The molecule has 128 valence electrons. The number of alkyl halides is 1. The zero-order valence-corrected chi connectivity index (χ0v) is 15.2. The van der Waals surface area contributed by atoms with Crippen LogP contribution >= 0.6 is 34.8 Å². The SMILES string of the molecule is Clc1cccc(Cl)c1-c1noc(C2CC2)c1COC1CNC(Cl)C1. The van der Waals surface area contributed by atoms with Gasteiger partial charge in [-0.1, -0.05) is 34.4 Å². The van der Waals surface area contributed by atoms with E-state index < -0.39 is 0 Å². The van der Waals surface area contributed by atoms with Gasteiger partial charge in [-0.15, -0.1) is 11.6 Å². The Labute approximate surface area is 155 Å². The fraction of sp³-hybridized carbons (Fsp3) is 0.471. The van der Waals surface area contributed by atoms with Crippen LogP contribution in [0.25, 0.3) is 11.3 Å². The number of nitrogens with one attached hydrogen (secondary N) is 1. The van der Waals surface area contributed by atoms with Gasteiger partial charge >= 0.3 is 0 Å². The molecule has 2 aromatic rings. The molecule has 2 unspecified atom stereocenters. The van der Waals surface area contributed by atoms with Crippen LogP contribution in [0.5, 0.6) is 0 Å². The van der Waals surface area contributed by atoms with Crippen LogP contribution in [0, 0.1) is 0 Å². The number of rotatable bonds is 5. The summed E-state index contributed by atoms with van der Waals surface area (Å²) < 4.78 is 11.7. The molecule has 4 rings (SSSR count). The van der Waals surface area contributed by atoms with Crippen molar-refractivity contribution in [2.75, 3.05) is 6.54 Å². The van der Waals surface area contributed by atoms with Gasteiger partial charge in [-0.25, -0.2) is 0 Å². The van der Waals surface area contributed by atoms with E-state index in [0.29, 0.717) is 33.8 Å². The van der Waals surface area contributed by atoms with Crippen LogP contribution in [0.2, 0.25) is 10.0 Å². The molecule has 1 saturated heterocycles. The van der Waals surface area contributed by atoms with Gasteiger partial charge in [0.2, 0.25) is 0 Å². The lowest BCUT2D eigenvalue weighted by Gasteiger charge is -2.12. The third kappa shape index (κ3) is 3.31. The van der Waals surface area contributed by atoms with Crippen LogP contribution in [0.15, 0.2) is 22.7 Å². The third-order valence-corrected chi connectivity index (χ3v) is 5.43. The Hall–Kier alpha value is -0.780. The highest BCUT2D eigenvalue weighted by Gasteiger charge is 2.34. The van der Waals surface area contributed by atoms with Crippen LogP contribution in [-0.4, -0.2) is 23.3 Å². The van der Waals surface area contributed by atoms with Crippen molar-refractivity contribution < 1.29 is 9.26 Å². The van der Waals surface area contributed by atoms with E-state index in [1.165, 1.54) is 0 Å². The third-order valence-electron chi connectivity index (χ3n) is 4.47. The van der Waals surface area contributed by atoms with E-state index in [2.05, 4.69) is 10.5 Å². The van der Waals surface area contributed by atoms with E-state index in [-0.39, 0.29) is 11.6 Å². The lowest BCUT2D eigenvalue weighted by atomic mass is 10.0. The smallest absolute Gasteiger partial charge is 0.145 e. The number of hydrogen-bond acceptors (Lipinski definition) is 4. The molecule has 0 spiro atoms. The zero-order chi connectivity index (χ0) is 16.7. The van der Waals surface area contributed by atoms with Crippen molar-refractivity contribution in [2.45, 2.75) is 43.4 Å². The van der Waals surface area contributed by atoms with Crippen LogP contribution < -0.4 is 5.32 Å². The van der Waals surface area contributed by atoms with E-state index in [4.69, 9.17) is 44.1 Å². The van der Waals surface area contributed by atoms with Gasteiger partial charge in [0.15, 0.2) is 0 Å². The van der Waals surface area contributed by atoms with Gasteiger partial charge in [-0.3, -0.25) is 5.32 Å². The molecule has 1 aliphatic heterocycles. The maximum Gasteiger partial charge on any atom is 0.145 e. The summed E-state index contributed by atoms with van der Waals surface area (Å²) in [5, 5.41) is 8.55. The first kappa shape index (κ1) is 16.7. The van der Waals surface area contributed by atoms with Crippen LogP contribution in [0.4, 0.5) is 0 Å². The molecule has 4 nitrogen and oxygen atoms in total. The highest BCUT2D eigenvalue weighted by molar-refractivity contribution is 6.39. The van der Waals surface area contributed by atoms with Gasteiger partial charge < -0.3 is 9.26 Å².